The van der Waals surface area contributed by atoms with Crippen molar-refractivity contribution in [2.75, 3.05) is 19.6 Å². The summed E-state index contributed by atoms with van der Waals surface area (Å²) in [5, 5.41) is 4.59. The second-order valence-electron chi connectivity index (χ2n) is 5.94. The van der Waals surface area contributed by atoms with E-state index in [1.807, 2.05) is 0 Å². The molecule has 2 heterocycles. The molecule has 1 saturated heterocycles. The molecule has 0 amide bonds. The first-order valence-electron chi connectivity index (χ1n) is 6.94. The number of rotatable bonds is 4. The van der Waals surface area contributed by atoms with Gasteiger partial charge in [0.25, 0.3) is 0 Å². The van der Waals surface area contributed by atoms with Crippen LogP contribution < -0.4 is 5.73 Å². The summed E-state index contributed by atoms with van der Waals surface area (Å²) in [6.07, 6.45) is 1.21. The van der Waals surface area contributed by atoms with Crippen molar-refractivity contribution < 1.29 is 0 Å². The lowest BCUT2D eigenvalue weighted by atomic mass is 9.90. The molecule has 1 unspecified atom stereocenters. The van der Waals surface area contributed by atoms with Crippen molar-refractivity contribution in [1.82, 2.24) is 14.7 Å². The Balaban J connectivity index is 0.00000180. The first-order valence-corrected chi connectivity index (χ1v) is 6.94. The van der Waals surface area contributed by atoms with Crippen LogP contribution in [-0.4, -0.2) is 34.3 Å². The molecule has 19 heavy (non-hydrogen) atoms. The van der Waals surface area contributed by atoms with E-state index in [9.17, 15) is 0 Å². The van der Waals surface area contributed by atoms with Crippen molar-refractivity contribution in [3.63, 3.8) is 0 Å². The maximum atomic E-state index is 5.87. The zero-order chi connectivity index (χ0) is 13.3. The standard InChI is InChI=1S/C14H26N4.ClH/c1-5-18-12(3)13(11(2)16-18)8-17-7-6-14(4,9-15)10-17;/h5-10,15H2,1-4H3;1H. The average molecular weight is 287 g/mol. The number of nitrogens with zero attached hydrogens (tertiary/aromatic N) is 3. The van der Waals surface area contributed by atoms with Crippen LogP contribution in [0, 0.1) is 19.3 Å². The van der Waals surface area contributed by atoms with E-state index >= 15 is 0 Å². The van der Waals surface area contributed by atoms with Crippen LogP contribution in [0.5, 0.6) is 0 Å². The Morgan fingerprint density at radius 3 is 2.53 bits per heavy atom. The normalized spacial score (nSPS) is 23.6. The minimum atomic E-state index is 0. The third-order valence-corrected chi connectivity index (χ3v) is 4.34. The van der Waals surface area contributed by atoms with Crippen molar-refractivity contribution in [2.24, 2.45) is 11.1 Å². The molecule has 1 atom stereocenters. The molecule has 1 aromatic heterocycles. The quantitative estimate of drug-likeness (QED) is 0.922. The smallest absolute Gasteiger partial charge is 0.0641 e. The number of likely N-dealkylation sites (tertiary alicyclic amines) is 1. The van der Waals surface area contributed by atoms with Crippen LogP contribution in [0.3, 0.4) is 0 Å². The Morgan fingerprint density at radius 2 is 2.05 bits per heavy atom. The van der Waals surface area contributed by atoms with Gasteiger partial charge in [-0.2, -0.15) is 5.10 Å². The highest BCUT2D eigenvalue weighted by molar-refractivity contribution is 5.85. The van der Waals surface area contributed by atoms with Gasteiger partial charge in [0.1, 0.15) is 0 Å². The van der Waals surface area contributed by atoms with Gasteiger partial charge in [-0.15, -0.1) is 12.4 Å². The van der Waals surface area contributed by atoms with E-state index in [2.05, 4.69) is 42.4 Å². The molecule has 1 fully saturated rings. The first kappa shape index (κ1) is 16.5. The Morgan fingerprint density at radius 1 is 1.37 bits per heavy atom. The molecule has 1 aromatic rings. The molecule has 0 aliphatic carbocycles. The number of nitrogens with two attached hydrogens (primary N) is 1. The number of halogens is 1. The summed E-state index contributed by atoms with van der Waals surface area (Å²) >= 11 is 0. The van der Waals surface area contributed by atoms with Gasteiger partial charge in [-0.1, -0.05) is 6.92 Å². The monoisotopic (exact) mass is 286 g/mol. The van der Waals surface area contributed by atoms with Crippen LogP contribution in [-0.2, 0) is 13.1 Å². The zero-order valence-electron chi connectivity index (χ0n) is 12.6. The van der Waals surface area contributed by atoms with E-state index in [0.717, 1.165) is 32.7 Å². The Hall–Kier alpha value is -0.580. The van der Waals surface area contributed by atoms with Gasteiger partial charge in [-0.3, -0.25) is 9.58 Å². The predicted octanol–water partition coefficient (Wildman–Crippen LogP) is 2.11. The molecule has 2 rings (SSSR count). The highest BCUT2D eigenvalue weighted by atomic mass is 35.5. The second-order valence-corrected chi connectivity index (χ2v) is 5.94. The fourth-order valence-corrected chi connectivity index (χ4v) is 2.92. The molecule has 1 aliphatic heterocycles. The van der Waals surface area contributed by atoms with E-state index in [4.69, 9.17) is 5.73 Å². The minimum Gasteiger partial charge on any atom is -0.330 e. The molecule has 1 aliphatic rings. The van der Waals surface area contributed by atoms with Crippen LogP contribution in [0.15, 0.2) is 0 Å². The minimum absolute atomic E-state index is 0. The van der Waals surface area contributed by atoms with Gasteiger partial charge in [0, 0.05) is 30.9 Å². The summed E-state index contributed by atoms with van der Waals surface area (Å²) in [6, 6.07) is 0. The number of aryl methyl sites for hydroxylation is 2. The van der Waals surface area contributed by atoms with Gasteiger partial charge in [0.15, 0.2) is 0 Å². The summed E-state index contributed by atoms with van der Waals surface area (Å²) in [6.45, 7) is 13.8. The summed E-state index contributed by atoms with van der Waals surface area (Å²) in [5.74, 6) is 0. The molecule has 0 bridgehead atoms. The van der Waals surface area contributed by atoms with Crippen molar-refractivity contribution in [3.05, 3.63) is 17.0 Å². The van der Waals surface area contributed by atoms with E-state index in [1.165, 1.54) is 23.4 Å². The number of hydrogen-bond acceptors (Lipinski definition) is 3. The molecule has 5 heteroatoms. The number of aromatic nitrogens is 2. The molecule has 0 radical (unpaired) electrons. The van der Waals surface area contributed by atoms with Crippen LogP contribution in [0.2, 0.25) is 0 Å². The van der Waals surface area contributed by atoms with Gasteiger partial charge < -0.3 is 5.73 Å². The average Bonchev–Trinajstić information content (AvgIpc) is 2.85. The summed E-state index contributed by atoms with van der Waals surface area (Å²) in [4.78, 5) is 2.52. The van der Waals surface area contributed by atoms with Gasteiger partial charge in [-0.25, -0.2) is 0 Å². The topological polar surface area (TPSA) is 47.1 Å². The van der Waals surface area contributed by atoms with E-state index in [-0.39, 0.29) is 12.4 Å². The van der Waals surface area contributed by atoms with Crippen LogP contribution in [0.4, 0.5) is 0 Å². The van der Waals surface area contributed by atoms with Crippen LogP contribution >= 0.6 is 12.4 Å². The third-order valence-electron chi connectivity index (χ3n) is 4.34. The molecule has 110 valence electrons. The fraction of sp³-hybridized carbons (Fsp3) is 0.786. The Labute approximate surface area is 122 Å². The SMILES string of the molecule is CCn1nc(C)c(CN2CCC(C)(CN)C2)c1C.Cl. The maximum Gasteiger partial charge on any atom is 0.0641 e. The largest absolute Gasteiger partial charge is 0.330 e. The predicted molar refractivity (Wildman–Crippen MR) is 81.7 cm³/mol. The van der Waals surface area contributed by atoms with Crippen LogP contribution in [0.25, 0.3) is 0 Å². The zero-order valence-corrected chi connectivity index (χ0v) is 13.4. The highest BCUT2D eigenvalue weighted by Gasteiger charge is 2.32. The molecular formula is C14H27ClN4. The molecule has 2 N–H and O–H groups in total. The Bertz CT molecular complexity index is 429. The van der Waals surface area contributed by atoms with Gasteiger partial charge in [0.05, 0.1) is 5.69 Å². The summed E-state index contributed by atoms with van der Waals surface area (Å²) in [7, 11) is 0. The maximum absolute atomic E-state index is 5.87. The Kier molecular flexibility index (Phi) is 5.42. The van der Waals surface area contributed by atoms with E-state index < -0.39 is 0 Å². The lowest BCUT2D eigenvalue weighted by Crippen LogP contribution is -2.31. The lowest BCUT2D eigenvalue weighted by Gasteiger charge is -2.22. The molecule has 0 aromatic carbocycles. The highest BCUT2D eigenvalue weighted by Crippen LogP contribution is 2.30. The second kappa shape index (κ2) is 6.25. The molecule has 4 nitrogen and oxygen atoms in total. The number of hydrogen-bond donors (Lipinski definition) is 1. The fourth-order valence-electron chi connectivity index (χ4n) is 2.92. The van der Waals surface area contributed by atoms with Crippen molar-refractivity contribution in [1.29, 1.82) is 0 Å². The van der Waals surface area contributed by atoms with E-state index in [1.54, 1.807) is 0 Å². The molecule has 0 spiro atoms. The van der Waals surface area contributed by atoms with Gasteiger partial charge in [0.2, 0.25) is 0 Å². The lowest BCUT2D eigenvalue weighted by molar-refractivity contribution is 0.273. The first-order chi connectivity index (χ1) is 8.49. The van der Waals surface area contributed by atoms with Crippen molar-refractivity contribution >= 4 is 12.4 Å². The summed E-state index contributed by atoms with van der Waals surface area (Å²) in [5.41, 5.74) is 10.1. The van der Waals surface area contributed by atoms with Gasteiger partial charge in [-0.05, 0) is 45.7 Å². The molecular weight excluding hydrogens is 260 g/mol. The van der Waals surface area contributed by atoms with Crippen LogP contribution in [0.1, 0.15) is 37.2 Å². The molecule has 0 saturated carbocycles. The summed E-state index contributed by atoms with van der Waals surface area (Å²) < 4.78 is 2.10. The van der Waals surface area contributed by atoms with Crippen molar-refractivity contribution in [2.45, 2.75) is 47.2 Å². The van der Waals surface area contributed by atoms with Gasteiger partial charge >= 0.3 is 0 Å². The van der Waals surface area contributed by atoms with E-state index in [0.29, 0.717) is 5.41 Å². The van der Waals surface area contributed by atoms with Crippen molar-refractivity contribution in [3.8, 4) is 0 Å². The third kappa shape index (κ3) is 3.30.